The molecule has 2 atom stereocenters. The monoisotopic (exact) mass is 396 g/mol. The minimum absolute atomic E-state index is 0.123. The van der Waals surface area contributed by atoms with Crippen LogP contribution in [0, 0.1) is 12.8 Å². The summed E-state index contributed by atoms with van der Waals surface area (Å²) in [6.45, 7) is 7.13. The third-order valence-electron chi connectivity index (χ3n) is 5.18. The molecule has 0 aliphatic carbocycles. The van der Waals surface area contributed by atoms with Gasteiger partial charge in [0.1, 0.15) is 0 Å². The molecule has 3 rings (SSSR count). The van der Waals surface area contributed by atoms with Crippen LogP contribution in [0.5, 0.6) is 5.88 Å². The topological polar surface area (TPSA) is 67.8 Å². The van der Waals surface area contributed by atoms with Crippen LogP contribution in [0.15, 0.2) is 47.6 Å². The number of hydrogen-bond acceptors (Lipinski definition) is 4. The first-order chi connectivity index (χ1) is 14.2. The Morgan fingerprint density at radius 2 is 2.07 bits per heavy atom. The fourth-order valence-corrected chi connectivity index (χ4v) is 3.64. The molecule has 2 N–H and O–H groups in total. The lowest BCUT2D eigenvalue weighted by molar-refractivity contribution is -0.0265. The molecule has 1 aliphatic rings. The second-order valence-corrected chi connectivity index (χ2v) is 7.35. The summed E-state index contributed by atoms with van der Waals surface area (Å²) < 4.78 is 11.5. The zero-order chi connectivity index (χ0) is 20.5. The maximum Gasteiger partial charge on any atom is 0.218 e. The van der Waals surface area contributed by atoms with Gasteiger partial charge in [-0.1, -0.05) is 35.9 Å². The van der Waals surface area contributed by atoms with E-state index in [-0.39, 0.29) is 6.10 Å². The highest BCUT2D eigenvalue weighted by atomic mass is 16.5. The predicted octanol–water partition coefficient (Wildman–Crippen LogP) is 3.62. The summed E-state index contributed by atoms with van der Waals surface area (Å²) in [5, 5.41) is 6.84. The summed E-state index contributed by atoms with van der Waals surface area (Å²) in [6.07, 6.45) is 4.08. The Morgan fingerprint density at radius 1 is 1.24 bits per heavy atom. The molecule has 2 heterocycles. The van der Waals surface area contributed by atoms with E-state index in [1.807, 2.05) is 12.1 Å². The smallest absolute Gasteiger partial charge is 0.218 e. The molecule has 0 spiro atoms. The number of nitrogens with zero attached hydrogens (tertiary/aromatic N) is 2. The number of aromatic nitrogens is 1. The molecule has 0 radical (unpaired) electrons. The molecular weight excluding hydrogens is 364 g/mol. The Balaban J connectivity index is 1.65. The fourth-order valence-electron chi connectivity index (χ4n) is 3.64. The number of ether oxygens (including phenoxy) is 2. The number of methoxy groups -OCH3 is 1. The van der Waals surface area contributed by atoms with Gasteiger partial charge in [0.15, 0.2) is 5.96 Å². The van der Waals surface area contributed by atoms with Crippen LogP contribution in [-0.4, -0.2) is 37.7 Å². The van der Waals surface area contributed by atoms with Crippen molar-refractivity contribution in [2.75, 3.05) is 26.8 Å². The molecule has 156 valence electrons. The molecule has 6 heteroatoms. The number of aliphatic imine (C=N–C) groups is 1. The Bertz CT molecular complexity index is 792. The zero-order valence-electron chi connectivity index (χ0n) is 17.6. The first-order valence-corrected chi connectivity index (χ1v) is 10.4. The van der Waals surface area contributed by atoms with Crippen LogP contribution in [0.4, 0.5) is 0 Å². The first-order valence-electron chi connectivity index (χ1n) is 10.4. The quantitative estimate of drug-likeness (QED) is 0.553. The number of guanidine groups is 1. The summed E-state index contributed by atoms with van der Waals surface area (Å²) in [4.78, 5) is 8.96. The fraction of sp³-hybridized carbons (Fsp3) is 0.478. The summed E-state index contributed by atoms with van der Waals surface area (Å²) in [5.41, 5.74) is 3.49. The average Bonchev–Trinajstić information content (AvgIpc) is 2.76. The van der Waals surface area contributed by atoms with Gasteiger partial charge in [0, 0.05) is 37.4 Å². The van der Waals surface area contributed by atoms with Crippen LogP contribution < -0.4 is 15.4 Å². The van der Waals surface area contributed by atoms with Crippen LogP contribution in [0.2, 0.25) is 0 Å². The Labute approximate surface area is 173 Å². The van der Waals surface area contributed by atoms with Crippen LogP contribution in [0.3, 0.4) is 0 Å². The maximum absolute atomic E-state index is 6.14. The number of nitrogens with one attached hydrogen (secondary N) is 2. The van der Waals surface area contributed by atoms with Crippen LogP contribution >= 0.6 is 0 Å². The van der Waals surface area contributed by atoms with Gasteiger partial charge in [0.2, 0.25) is 5.88 Å². The number of hydrogen-bond donors (Lipinski definition) is 2. The number of rotatable bonds is 7. The second-order valence-electron chi connectivity index (χ2n) is 7.35. The summed E-state index contributed by atoms with van der Waals surface area (Å²) in [5.74, 6) is 1.82. The van der Waals surface area contributed by atoms with Crippen molar-refractivity contribution < 1.29 is 9.47 Å². The van der Waals surface area contributed by atoms with Crippen molar-refractivity contribution in [3.63, 3.8) is 0 Å². The molecule has 6 nitrogen and oxygen atoms in total. The molecule has 2 unspecified atom stereocenters. The van der Waals surface area contributed by atoms with E-state index in [1.54, 1.807) is 13.3 Å². The van der Waals surface area contributed by atoms with E-state index < -0.39 is 0 Å². The van der Waals surface area contributed by atoms with Crippen LogP contribution in [-0.2, 0) is 11.3 Å². The normalized spacial score (nSPS) is 19.6. The Morgan fingerprint density at radius 3 is 2.83 bits per heavy atom. The highest BCUT2D eigenvalue weighted by Crippen LogP contribution is 2.33. The molecule has 0 bridgehead atoms. The second kappa shape index (κ2) is 10.8. The van der Waals surface area contributed by atoms with Gasteiger partial charge in [-0.3, -0.25) is 0 Å². The lowest BCUT2D eigenvalue weighted by Gasteiger charge is -2.32. The lowest BCUT2D eigenvalue weighted by Crippen LogP contribution is -2.42. The minimum Gasteiger partial charge on any atom is -0.481 e. The molecule has 0 saturated carbocycles. The van der Waals surface area contributed by atoms with Crippen LogP contribution in [0.1, 0.15) is 42.6 Å². The van der Waals surface area contributed by atoms with Crippen molar-refractivity contribution in [3.8, 4) is 5.88 Å². The van der Waals surface area contributed by atoms with E-state index in [0.29, 0.717) is 18.3 Å². The van der Waals surface area contributed by atoms with Crippen LogP contribution in [0.25, 0.3) is 0 Å². The standard InChI is InChI=1S/C23H32N4O2/c1-4-24-23(27-16-20-7-5-13-25-22(20)28-3)26-15-19-8-6-14-29-21(19)18-11-9-17(2)10-12-18/h5,7,9-13,19,21H,4,6,8,14-16H2,1-3H3,(H2,24,26,27). The van der Waals surface area contributed by atoms with Crippen molar-refractivity contribution in [2.45, 2.75) is 39.3 Å². The van der Waals surface area contributed by atoms with E-state index in [2.05, 4.69) is 53.7 Å². The number of benzene rings is 1. The third-order valence-corrected chi connectivity index (χ3v) is 5.18. The Kier molecular flexibility index (Phi) is 7.87. The summed E-state index contributed by atoms with van der Waals surface area (Å²) in [6, 6.07) is 12.6. The van der Waals surface area contributed by atoms with Gasteiger partial charge in [0.25, 0.3) is 0 Å². The van der Waals surface area contributed by atoms with E-state index in [9.17, 15) is 0 Å². The Hall–Kier alpha value is -2.60. The molecule has 29 heavy (non-hydrogen) atoms. The minimum atomic E-state index is 0.123. The average molecular weight is 397 g/mol. The van der Waals surface area contributed by atoms with Crippen molar-refractivity contribution >= 4 is 5.96 Å². The van der Waals surface area contributed by atoms with Crippen molar-refractivity contribution in [1.29, 1.82) is 0 Å². The number of pyridine rings is 1. The summed E-state index contributed by atoms with van der Waals surface area (Å²) >= 11 is 0. The highest BCUT2D eigenvalue weighted by Gasteiger charge is 2.27. The van der Waals surface area contributed by atoms with Gasteiger partial charge in [-0.15, -0.1) is 0 Å². The first kappa shape index (κ1) is 21.1. The third kappa shape index (κ3) is 5.94. The molecule has 1 fully saturated rings. The molecule has 2 aromatic rings. The maximum atomic E-state index is 6.14. The van der Waals surface area contributed by atoms with E-state index in [1.165, 1.54) is 11.1 Å². The molecule has 1 aliphatic heterocycles. The molecular formula is C23H32N4O2. The van der Waals surface area contributed by atoms with Gasteiger partial charge < -0.3 is 20.1 Å². The largest absolute Gasteiger partial charge is 0.481 e. The van der Waals surface area contributed by atoms with E-state index in [4.69, 9.17) is 14.5 Å². The summed E-state index contributed by atoms with van der Waals surface area (Å²) in [7, 11) is 1.63. The molecule has 1 aromatic carbocycles. The predicted molar refractivity (Wildman–Crippen MR) is 116 cm³/mol. The van der Waals surface area contributed by atoms with E-state index in [0.717, 1.165) is 44.1 Å². The van der Waals surface area contributed by atoms with Gasteiger partial charge in [-0.2, -0.15) is 0 Å². The molecule has 1 aromatic heterocycles. The van der Waals surface area contributed by atoms with Crippen molar-refractivity contribution in [1.82, 2.24) is 15.6 Å². The molecule has 1 saturated heterocycles. The van der Waals surface area contributed by atoms with Crippen molar-refractivity contribution in [2.24, 2.45) is 10.9 Å². The van der Waals surface area contributed by atoms with Crippen molar-refractivity contribution in [3.05, 3.63) is 59.3 Å². The van der Waals surface area contributed by atoms with Gasteiger partial charge in [0.05, 0.1) is 19.8 Å². The zero-order valence-corrected chi connectivity index (χ0v) is 17.6. The molecule has 0 amide bonds. The van der Waals surface area contributed by atoms with Gasteiger partial charge >= 0.3 is 0 Å². The SMILES string of the molecule is CCNC(=NCc1cccnc1OC)NCC1CCCOC1c1ccc(C)cc1. The van der Waals surface area contributed by atoms with Gasteiger partial charge in [-0.05, 0) is 38.3 Å². The van der Waals surface area contributed by atoms with Gasteiger partial charge in [-0.25, -0.2) is 9.98 Å². The number of aryl methyl sites for hydroxylation is 1. The highest BCUT2D eigenvalue weighted by molar-refractivity contribution is 5.79. The van der Waals surface area contributed by atoms with E-state index >= 15 is 0 Å². The lowest BCUT2D eigenvalue weighted by atomic mass is 9.89.